The molecule has 2 rings (SSSR count). The molecule has 2 heterocycles. The number of carbonyl (C=O) groups is 2. The normalized spacial score (nSPS) is 13.7. The molecule has 1 aromatic rings. The summed E-state index contributed by atoms with van der Waals surface area (Å²) in [4.78, 5) is 28.1. The van der Waals surface area contributed by atoms with Gasteiger partial charge in [-0.3, -0.25) is 0 Å². The van der Waals surface area contributed by atoms with Gasteiger partial charge in [-0.25, -0.2) is 14.6 Å². The number of rotatable bonds is 4. The monoisotopic (exact) mass is 419 g/mol. The SMILES string of the molecule is COC(=O)C1=C(C(=O)OC)SC(=C(Cl)C(=S)Sc2ccccn2)S1. The highest BCUT2D eigenvalue weighted by atomic mass is 35.5. The molecular weight excluding hydrogens is 410 g/mol. The van der Waals surface area contributed by atoms with Gasteiger partial charge in [0.2, 0.25) is 0 Å². The molecule has 0 unspecified atom stereocenters. The first-order chi connectivity index (χ1) is 11.5. The van der Waals surface area contributed by atoms with Gasteiger partial charge in [0.25, 0.3) is 0 Å². The van der Waals surface area contributed by atoms with E-state index in [0.717, 1.165) is 23.5 Å². The number of nitrogens with zero attached hydrogens (tertiary/aromatic N) is 1. The lowest BCUT2D eigenvalue weighted by molar-refractivity contribution is -0.138. The molecule has 0 bridgehead atoms. The van der Waals surface area contributed by atoms with Crippen molar-refractivity contribution in [1.29, 1.82) is 0 Å². The molecule has 1 aliphatic rings. The second-order valence-corrected chi connectivity index (χ2v) is 8.38. The van der Waals surface area contributed by atoms with Crippen LogP contribution in [0.5, 0.6) is 0 Å². The van der Waals surface area contributed by atoms with Crippen LogP contribution in [0.4, 0.5) is 0 Å². The Hall–Kier alpha value is -1.000. The molecule has 0 radical (unpaired) electrons. The summed E-state index contributed by atoms with van der Waals surface area (Å²) in [5.41, 5.74) is 0. The lowest BCUT2D eigenvalue weighted by atomic mass is 10.5. The van der Waals surface area contributed by atoms with Crippen LogP contribution in [0.3, 0.4) is 0 Å². The maximum absolute atomic E-state index is 11.8. The molecule has 0 atom stereocenters. The van der Waals surface area contributed by atoms with Crippen molar-refractivity contribution in [3.05, 3.63) is 43.5 Å². The molecule has 0 amide bonds. The summed E-state index contributed by atoms with van der Waals surface area (Å²) in [7, 11) is 2.47. The Labute approximate surface area is 161 Å². The van der Waals surface area contributed by atoms with E-state index in [9.17, 15) is 9.59 Å². The van der Waals surface area contributed by atoms with Gasteiger partial charge in [0.05, 0.1) is 27.7 Å². The van der Waals surface area contributed by atoms with E-state index < -0.39 is 11.9 Å². The number of halogens is 1. The lowest BCUT2D eigenvalue weighted by Crippen LogP contribution is -2.08. The molecule has 0 saturated carbocycles. The van der Waals surface area contributed by atoms with E-state index in [1.54, 1.807) is 18.3 Å². The third-order valence-electron chi connectivity index (χ3n) is 2.53. The summed E-state index contributed by atoms with van der Waals surface area (Å²) in [6.07, 6.45) is 1.65. The zero-order valence-electron chi connectivity index (χ0n) is 12.4. The number of hydrogen-bond donors (Lipinski definition) is 0. The van der Waals surface area contributed by atoms with Crippen LogP contribution in [0.15, 0.2) is 48.5 Å². The number of methoxy groups -OCH3 is 2. The Morgan fingerprint density at radius 1 is 1.17 bits per heavy atom. The van der Waals surface area contributed by atoms with Gasteiger partial charge >= 0.3 is 11.9 Å². The maximum atomic E-state index is 11.8. The fraction of sp³-hybridized carbons (Fsp3) is 0.143. The van der Waals surface area contributed by atoms with E-state index >= 15 is 0 Å². The number of aromatic nitrogens is 1. The van der Waals surface area contributed by atoms with Crippen molar-refractivity contribution in [2.75, 3.05) is 14.2 Å². The van der Waals surface area contributed by atoms with Crippen molar-refractivity contribution in [2.24, 2.45) is 0 Å². The van der Waals surface area contributed by atoms with Gasteiger partial charge in [-0.15, -0.1) is 0 Å². The standard InChI is InChI=1S/C14H10ClNO4S4/c1-19-11(17)9-10(12(18)20-2)24-14(23-9)8(15)13(21)22-7-5-3-4-6-16-7/h3-6H,1-2H3. The van der Waals surface area contributed by atoms with E-state index in [2.05, 4.69) is 4.98 Å². The number of ether oxygens (including phenoxy) is 2. The second-order valence-electron chi connectivity index (χ2n) is 4.00. The summed E-state index contributed by atoms with van der Waals surface area (Å²) < 4.78 is 10.3. The van der Waals surface area contributed by atoms with Crippen LogP contribution in [0.25, 0.3) is 0 Å². The van der Waals surface area contributed by atoms with Crippen LogP contribution >= 0.6 is 59.1 Å². The summed E-state index contributed by atoms with van der Waals surface area (Å²) in [6.45, 7) is 0. The molecule has 0 aliphatic carbocycles. The van der Waals surface area contributed by atoms with Crippen LogP contribution in [0.2, 0.25) is 0 Å². The molecule has 0 fully saturated rings. The largest absolute Gasteiger partial charge is 0.465 e. The number of thioether (sulfide) groups is 3. The zero-order valence-corrected chi connectivity index (χ0v) is 16.4. The van der Waals surface area contributed by atoms with Crippen LogP contribution in [-0.4, -0.2) is 35.3 Å². The maximum Gasteiger partial charge on any atom is 0.346 e. The van der Waals surface area contributed by atoms with Gasteiger partial charge in [-0.1, -0.05) is 65.2 Å². The van der Waals surface area contributed by atoms with E-state index in [0.29, 0.717) is 13.5 Å². The first-order valence-corrected chi connectivity index (χ1v) is 9.51. The Balaban J connectivity index is 2.23. The Morgan fingerprint density at radius 3 is 2.21 bits per heavy atom. The summed E-state index contributed by atoms with van der Waals surface area (Å²) in [6, 6.07) is 5.44. The van der Waals surface area contributed by atoms with Crippen molar-refractivity contribution >= 4 is 75.2 Å². The molecular formula is C14H10ClNO4S4. The van der Waals surface area contributed by atoms with E-state index in [4.69, 9.17) is 33.3 Å². The quantitative estimate of drug-likeness (QED) is 0.312. The predicted molar refractivity (Wildman–Crippen MR) is 102 cm³/mol. The number of carbonyl (C=O) groups excluding carboxylic acids is 2. The Morgan fingerprint density at radius 2 is 1.75 bits per heavy atom. The Bertz CT molecular complexity index is 718. The summed E-state index contributed by atoms with van der Waals surface area (Å²) >= 11 is 14.9. The van der Waals surface area contributed by atoms with Gasteiger partial charge in [-0.05, 0) is 12.1 Å². The summed E-state index contributed by atoms with van der Waals surface area (Å²) in [5.74, 6) is -1.26. The molecule has 0 aromatic carbocycles. The average molecular weight is 420 g/mol. The smallest absolute Gasteiger partial charge is 0.346 e. The van der Waals surface area contributed by atoms with Crippen LogP contribution in [0.1, 0.15) is 0 Å². The highest BCUT2D eigenvalue weighted by molar-refractivity contribution is 8.30. The molecule has 1 aromatic heterocycles. The summed E-state index contributed by atoms with van der Waals surface area (Å²) in [5, 5.41) is 0.972. The van der Waals surface area contributed by atoms with Gasteiger partial charge in [0, 0.05) is 6.20 Å². The Kier molecular flexibility index (Phi) is 7.17. The number of thiocarbonyl (C=S) groups is 1. The first-order valence-electron chi connectivity index (χ1n) is 6.27. The topological polar surface area (TPSA) is 65.5 Å². The average Bonchev–Trinajstić information content (AvgIpc) is 3.05. The van der Waals surface area contributed by atoms with Gasteiger partial charge in [0.1, 0.15) is 14.8 Å². The van der Waals surface area contributed by atoms with Crippen LogP contribution in [0, 0.1) is 0 Å². The molecule has 126 valence electrons. The van der Waals surface area contributed by atoms with Gasteiger partial charge in [-0.2, -0.15) is 0 Å². The second kappa shape index (κ2) is 8.91. The fourth-order valence-corrected chi connectivity index (χ4v) is 5.44. The number of hydrogen-bond acceptors (Lipinski definition) is 9. The van der Waals surface area contributed by atoms with Gasteiger partial charge in [0.15, 0.2) is 0 Å². The van der Waals surface area contributed by atoms with Gasteiger partial charge < -0.3 is 9.47 Å². The highest BCUT2D eigenvalue weighted by Gasteiger charge is 2.34. The molecule has 24 heavy (non-hydrogen) atoms. The van der Waals surface area contributed by atoms with E-state index in [-0.39, 0.29) is 14.8 Å². The zero-order chi connectivity index (χ0) is 17.7. The van der Waals surface area contributed by atoms with Crippen molar-refractivity contribution in [1.82, 2.24) is 4.98 Å². The van der Waals surface area contributed by atoms with Crippen molar-refractivity contribution in [3.63, 3.8) is 0 Å². The molecule has 5 nitrogen and oxygen atoms in total. The lowest BCUT2D eigenvalue weighted by Gasteiger charge is -2.04. The first kappa shape index (κ1) is 19.3. The third-order valence-corrected chi connectivity index (χ3v) is 7.21. The van der Waals surface area contributed by atoms with Crippen molar-refractivity contribution < 1.29 is 19.1 Å². The minimum absolute atomic E-state index is 0.133. The number of esters is 2. The number of pyridine rings is 1. The molecule has 0 N–H and O–H groups in total. The van der Waals surface area contributed by atoms with Crippen molar-refractivity contribution in [2.45, 2.75) is 5.03 Å². The fourth-order valence-electron chi connectivity index (χ4n) is 1.47. The molecule has 0 saturated heterocycles. The van der Waals surface area contributed by atoms with Crippen LogP contribution in [-0.2, 0) is 19.1 Å². The van der Waals surface area contributed by atoms with Crippen molar-refractivity contribution in [3.8, 4) is 0 Å². The predicted octanol–water partition coefficient (Wildman–Crippen LogP) is 3.95. The molecule has 10 heteroatoms. The highest BCUT2D eigenvalue weighted by Crippen LogP contribution is 2.52. The minimum Gasteiger partial charge on any atom is -0.465 e. The van der Waals surface area contributed by atoms with E-state index in [1.165, 1.54) is 26.0 Å². The van der Waals surface area contributed by atoms with Crippen LogP contribution < -0.4 is 0 Å². The molecule has 0 spiro atoms. The minimum atomic E-state index is -0.629. The van der Waals surface area contributed by atoms with E-state index in [1.807, 2.05) is 6.07 Å². The third kappa shape index (κ3) is 4.54. The molecule has 1 aliphatic heterocycles.